The topological polar surface area (TPSA) is 73.2 Å². The van der Waals surface area contributed by atoms with E-state index in [1.54, 1.807) is 23.1 Å². The predicted octanol–water partition coefficient (Wildman–Crippen LogP) is 4.33. The third kappa shape index (κ3) is 3.93. The summed E-state index contributed by atoms with van der Waals surface area (Å²) in [6, 6.07) is 8.81. The normalized spacial score (nSPS) is 32.7. The minimum absolute atomic E-state index is 0. The van der Waals surface area contributed by atoms with Crippen LogP contribution >= 0.6 is 23.2 Å². The quantitative estimate of drug-likeness (QED) is 0.474. The molecule has 0 aromatic heterocycles. The number of amides is 1. The molecule has 2 bridgehead atoms. The van der Waals surface area contributed by atoms with Crippen LogP contribution in [0.1, 0.15) is 48.8 Å². The standard InChI is InChI=1S/C29H32Cl2N2O4.Ac/c1-32(24(35)13-17-4-6-19(30)20(31)12-17)21-8-9-29(36)23-14-18-5-7-22(34)26-25(18)28(29,27(21)37-26)10-11-33(23)15-16-2-3-16;/h4-7,12,16,21,23,27,34,36H,2-3,8-11,13-15H2,1H3;/t21?,23-,27?,28+,29?;/m1./s1. The minimum Gasteiger partial charge on any atom is -0.504 e. The number of nitrogens with zero attached hydrogens (tertiary/aromatic N) is 2. The molecule has 2 N–H and O–H groups in total. The van der Waals surface area contributed by atoms with Gasteiger partial charge < -0.3 is 19.8 Å². The van der Waals surface area contributed by atoms with Gasteiger partial charge in [0.15, 0.2) is 11.5 Å². The summed E-state index contributed by atoms with van der Waals surface area (Å²) >= 11 is 12.3. The van der Waals surface area contributed by atoms with Crippen LogP contribution in [0.25, 0.3) is 0 Å². The molecule has 2 aromatic rings. The summed E-state index contributed by atoms with van der Waals surface area (Å²) in [5.74, 6) is 1.33. The van der Waals surface area contributed by atoms with Gasteiger partial charge in [0.1, 0.15) is 6.10 Å². The molecule has 9 heteroatoms. The molecule has 2 aliphatic heterocycles. The number of hydrogen-bond donors (Lipinski definition) is 2. The molecule has 199 valence electrons. The van der Waals surface area contributed by atoms with E-state index in [0.717, 1.165) is 48.5 Å². The monoisotopic (exact) mass is 769 g/mol. The summed E-state index contributed by atoms with van der Waals surface area (Å²) in [5, 5.41) is 24.3. The van der Waals surface area contributed by atoms with Gasteiger partial charge in [-0.2, -0.15) is 0 Å². The van der Waals surface area contributed by atoms with E-state index in [1.165, 1.54) is 12.8 Å². The molecule has 38 heavy (non-hydrogen) atoms. The van der Waals surface area contributed by atoms with Gasteiger partial charge in [-0.25, -0.2) is 0 Å². The Labute approximate surface area is 269 Å². The van der Waals surface area contributed by atoms with Crippen LogP contribution in [0.15, 0.2) is 30.3 Å². The van der Waals surface area contributed by atoms with Crippen molar-refractivity contribution in [3.8, 4) is 11.5 Å². The van der Waals surface area contributed by atoms with Crippen molar-refractivity contribution < 1.29 is 63.8 Å². The fraction of sp³-hybridized carbons (Fsp3) is 0.552. The van der Waals surface area contributed by atoms with E-state index in [2.05, 4.69) is 4.90 Å². The fourth-order valence-corrected chi connectivity index (χ4v) is 8.31. The van der Waals surface area contributed by atoms with E-state index < -0.39 is 17.1 Å². The number of likely N-dealkylation sites (tertiary alicyclic amines) is 1. The van der Waals surface area contributed by atoms with E-state index in [-0.39, 0.29) is 74.2 Å². The van der Waals surface area contributed by atoms with Crippen LogP contribution in [0.5, 0.6) is 11.5 Å². The summed E-state index contributed by atoms with van der Waals surface area (Å²) in [6.07, 6.45) is 5.11. The van der Waals surface area contributed by atoms with Crippen LogP contribution in [-0.2, 0) is 23.1 Å². The van der Waals surface area contributed by atoms with Gasteiger partial charge in [-0.1, -0.05) is 35.3 Å². The van der Waals surface area contributed by atoms with Crippen LogP contribution in [0.3, 0.4) is 0 Å². The summed E-state index contributed by atoms with van der Waals surface area (Å²) in [4.78, 5) is 17.8. The molecule has 1 radical (unpaired) electrons. The number of aliphatic hydroxyl groups is 1. The molecular formula is C29H32AcCl2N2O4. The Hall–Kier alpha value is -0.548. The van der Waals surface area contributed by atoms with Gasteiger partial charge in [-0.05, 0) is 80.3 Å². The Morgan fingerprint density at radius 3 is 2.68 bits per heavy atom. The maximum atomic E-state index is 13.5. The number of phenols is 1. The molecule has 2 aromatic carbocycles. The average molecular weight is 770 g/mol. The molecule has 1 spiro atoms. The molecular weight excluding hydrogens is 738 g/mol. The maximum absolute atomic E-state index is 13.5. The Morgan fingerprint density at radius 2 is 1.95 bits per heavy atom. The van der Waals surface area contributed by atoms with Crippen molar-refractivity contribution in [3.05, 3.63) is 57.1 Å². The first-order valence-corrected chi connectivity index (χ1v) is 14.2. The Balaban J connectivity index is 0.00000264. The van der Waals surface area contributed by atoms with Crippen molar-refractivity contribution in [1.82, 2.24) is 9.80 Å². The molecule has 2 heterocycles. The Bertz CT molecular complexity index is 1310. The molecule has 1 amide bonds. The van der Waals surface area contributed by atoms with E-state index in [1.807, 2.05) is 19.2 Å². The smallest absolute Gasteiger partial charge is 0.227 e. The Kier molecular flexibility index (Phi) is 7.10. The molecule has 3 aliphatic carbocycles. The van der Waals surface area contributed by atoms with Crippen LogP contribution in [0, 0.1) is 50.0 Å². The second-order valence-electron chi connectivity index (χ2n) is 11.8. The third-order valence-corrected chi connectivity index (χ3v) is 10.7. The van der Waals surface area contributed by atoms with Crippen molar-refractivity contribution in [2.45, 2.75) is 74.1 Å². The number of ether oxygens (including phenoxy) is 1. The molecule has 1 saturated heterocycles. The number of carbonyl (C=O) groups excluding carboxylic acids is 1. The van der Waals surface area contributed by atoms with Crippen molar-refractivity contribution in [1.29, 1.82) is 0 Å². The van der Waals surface area contributed by atoms with Gasteiger partial charge in [0.25, 0.3) is 0 Å². The summed E-state index contributed by atoms with van der Waals surface area (Å²) in [6.45, 7) is 1.94. The van der Waals surface area contributed by atoms with Crippen molar-refractivity contribution in [2.75, 3.05) is 20.1 Å². The van der Waals surface area contributed by atoms with Gasteiger partial charge in [0.2, 0.25) is 5.91 Å². The minimum atomic E-state index is -0.957. The molecule has 3 unspecified atom stereocenters. The number of phenolic OH excluding ortho intramolecular Hbond substituents is 1. The maximum Gasteiger partial charge on any atom is 0.227 e. The zero-order valence-corrected chi connectivity index (χ0v) is 27.8. The van der Waals surface area contributed by atoms with Crippen LogP contribution in [0.2, 0.25) is 10.0 Å². The number of rotatable bonds is 5. The number of likely N-dealkylation sites (N-methyl/N-ethyl adjacent to an activating group) is 1. The first kappa shape index (κ1) is 27.6. The SMILES string of the molecule is CN(C(=O)Cc1ccc(Cl)c(Cl)c1)C1CCC2(O)[C@H]3Cc4ccc(O)c5c4[C@@]2(CCN3CC2CC2)C1O5.[Ac]. The number of hydrogen-bond acceptors (Lipinski definition) is 5. The first-order chi connectivity index (χ1) is 17.7. The molecule has 5 aliphatic rings. The summed E-state index contributed by atoms with van der Waals surface area (Å²) < 4.78 is 6.61. The molecule has 6 nitrogen and oxygen atoms in total. The van der Waals surface area contributed by atoms with Crippen LogP contribution in [0.4, 0.5) is 0 Å². The molecule has 7 rings (SSSR count). The molecule has 2 saturated carbocycles. The predicted molar refractivity (Wildman–Crippen MR) is 142 cm³/mol. The van der Waals surface area contributed by atoms with Crippen molar-refractivity contribution >= 4 is 29.1 Å². The summed E-state index contributed by atoms with van der Waals surface area (Å²) in [7, 11) is 1.83. The van der Waals surface area contributed by atoms with Gasteiger partial charge in [-0.15, -0.1) is 0 Å². The van der Waals surface area contributed by atoms with Crippen LogP contribution < -0.4 is 4.74 Å². The van der Waals surface area contributed by atoms with E-state index >= 15 is 0 Å². The number of carbonyl (C=O) groups is 1. The number of benzene rings is 2. The van der Waals surface area contributed by atoms with E-state index in [4.69, 9.17) is 27.9 Å². The van der Waals surface area contributed by atoms with Crippen LogP contribution in [-0.4, -0.2) is 69.8 Å². The zero-order chi connectivity index (χ0) is 25.7. The fourth-order valence-electron chi connectivity index (χ4n) is 7.99. The molecule has 5 atom stereocenters. The van der Waals surface area contributed by atoms with E-state index in [9.17, 15) is 15.0 Å². The Morgan fingerprint density at radius 1 is 1.16 bits per heavy atom. The number of piperidine rings is 1. The molecule has 3 fully saturated rings. The second-order valence-corrected chi connectivity index (χ2v) is 12.6. The summed E-state index contributed by atoms with van der Waals surface area (Å²) in [5.41, 5.74) is 1.35. The van der Waals surface area contributed by atoms with Gasteiger partial charge in [0.05, 0.1) is 33.5 Å². The third-order valence-electron chi connectivity index (χ3n) is 9.96. The second kappa shape index (κ2) is 9.78. The van der Waals surface area contributed by atoms with Gasteiger partial charge >= 0.3 is 0 Å². The van der Waals surface area contributed by atoms with Crippen molar-refractivity contribution in [2.24, 2.45) is 5.92 Å². The van der Waals surface area contributed by atoms with E-state index in [0.29, 0.717) is 28.6 Å². The number of aromatic hydroxyl groups is 1. The average Bonchev–Trinajstić information content (AvgIpc) is 3.61. The first-order valence-electron chi connectivity index (χ1n) is 13.4. The van der Waals surface area contributed by atoms with Gasteiger partial charge in [0, 0.05) is 69.3 Å². The van der Waals surface area contributed by atoms with Crippen molar-refractivity contribution in [3.63, 3.8) is 0 Å². The largest absolute Gasteiger partial charge is 0.504 e. The zero-order valence-electron chi connectivity index (χ0n) is 21.5. The number of halogens is 2. The van der Waals surface area contributed by atoms with Gasteiger partial charge in [-0.3, -0.25) is 9.69 Å².